The first-order valence-corrected chi connectivity index (χ1v) is 15.8. The molecule has 4 aromatic carbocycles. The fraction of sp³-hybridized carbons (Fsp3) is 0.222. The summed E-state index contributed by atoms with van der Waals surface area (Å²) in [6, 6.07) is 25.5. The van der Waals surface area contributed by atoms with Gasteiger partial charge in [-0.1, -0.05) is 84.0 Å². The van der Waals surface area contributed by atoms with Crippen molar-refractivity contribution in [1.29, 1.82) is 0 Å². The third-order valence-corrected chi connectivity index (χ3v) is 13.9. The molecule has 0 atom stereocenters. The van der Waals surface area contributed by atoms with E-state index in [1.54, 1.807) is 7.11 Å². The fourth-order valence-electron chi connectivity index (χ4n) is 6.84. The fourth-order valence-corrected chi connectivity index (χ4v) is 12.4. The van der Waals surface area contributed by atoms with E-state index in [1.807, 2.05) is 7.11 Å². The zero-order chi connectivity index (χ0) is 27.3. The number of aryl methyl sites for hydroxylation is 4. The average Bonchev–Trinajstić information content (AvgIpc) is 3.59. The molecule has 3 heteroatoms. The highest BCUT2D eigenvalue weighted by atomic mass is 28.3. The highest BCUT2D eigenvalue weighted by Gasteiger charge is 2.49. The van der Waals surface area contributed by atoms with E-state index in [2.05, 4.69) is 119 Å². The van der Waals surface area contributed by atoms with Gasteiger partial charge < -0.3 is 9.47 Å². The number of fused-ring (bicyclic) bond motifs is 3. The molecule has 0 aliphatic heterocycles. The summed E-state index contributed by atoms with van der Waals surface area (Å²) in [5.74, 6) is 1.99. The smallest absolute Gasteiger partial charge is 0.163 e. The Morgan fingerprint density at radius 1 is 0.667 bits per heavy atom. The molecule has 0 heterocycles. The lowest BCUT2D eigenvalue weighted by molar-refractivity contribution is 0.411. The van der Waals surface area contributed by atoms with Crippen LogP contribution in [0.25, 0.3) is 11.1 Å². The van der Waals surface area contributed by atoms with Gasteiger partial charge in [0.05, 0.1) is 14.2 Å². The van der Waals surface area contributed by atoms with Gasteiger partial charge in [-0.15, -0.1) is 0 Å². The number of benzene rings is 4. The quantitative estimate of drug-likeness (QED) is 0.186. The maximum Gasteiger partial charge on any atom is 0.163 e. The van der Waals surface area contributed by atoms with Crippen molar-refractivity contribution in [3.8, 4) is 22.6 Å². The topological polar surface area (TPSA) is 18.5 Å². The van der Waals surface area contributed by atoms with Crippen LogP contribution in [-0.4, -0.2) is 22.3 Å². The SMILES string of the molecule is COc1cc2c(cc1C)-c1cc(C)c(OC)c([Si](c3ccc(C)cc3)(c3ccc(C)cc3)C3C=CC=C3)c1C2. The minimum Gasteiger partial charge on any atom is -0.497 e. The lowest BCUT2D eigenvalue weighted by Gasteiger charge is -2.40. The first kappa shape index (κ1) is 25.5. The van der Waals surface area contributed by atoms with Gasteiger partial charge in [0.1, 0.15) is 11.5 Å². The molecule has 39 heavy (non-hydrogen) atoms. The van der Waals surface area contributed by atoms with Gasteiger partial charge in [-0.3, -0.25) is 0 Å². The zero-order valence-electron chi connectivity index (χ0n) is 23.8. The van der Waals surface area contributed by atoms with Crippen LogP contribution in [0.15, 0.2) is 91.0 Å². The lowest BCUT2D eigenvalue weighted by atomic mass is 10.0. The Morgan fingerprint density at radius 3 is 1.77 bits per heavy atom. The standard InChI is InChI=1S/C36H36O2Si/c1-23-11-15-29(16-12-23)39(28-9-7-8-10-28,30-17-13-24(2)14-18-30)36-33-21-27-22-34(37-5)25(3)19-31(27)32(33)20-26(4)35(36)38-6/h7-20,22,28H,21H2,1-6H3. The van der Waals surface area contributed by atoms with Gasteiger partial charge in [0, 0.05) is 5.54 Å². The summed E-state index contributed by atoms with van der Waals surface area (Å²) in [4.78, 5) is 0. The third-order valence-electron chi connectivity index (χ3n) is 8.71. The molecule has 0 spiro atoms. The minimum absolute atomic E-state index is 0.266. The van der Waals surface area contributed by atoms with Crippen LogP contribution in [0, 0.1) is 27.7 Å². The summed E-state index contributed by atoms with van der Waals surface area (Å²) in [6.45, 7) is 8.69. The van der Waals surface area contributed by atoms with Gasteiger partial charge in [0.25, 0.3) is 0 Å². The van der Waals surface area contributed by atoms with E-state index in [1.165, 1.54) is 60.1 Å². The molecular weight excluding hydrogens is 492 g/mol. The second-order valence-electron chi connectivity index (χ2n) is 11.1. The summed E-state index contributed by atoms with van der Waals surface area (Å²) in [7, 11) is 0.914. The van der Waals surface area contributed by atoms with Crippen LogP contribution in [-0.2, 0) is 6.42 Å². The van der Waals surface area contributed by atoms with E-state index in [0.717, 1.165) is 17.9 Å². The van der Waals surface area contributed by atoms with Crippen molar-refractivity contribution in [2.45, 2.75) is 39.7 Å². The molecule has 0 fully saturated rings. The van der Waals surface area contributed by atoms with Crippen LogP contribution in [0.3, 0.4) is 0 Å². The molecule has 0 bridgehead atoms. The molecule has 2 aliphatic carbocycles. The van der Waals surface area contributed by atoms with E-state index >= 15 is 0 Å². The number of ether oxygens (including phenoxy) is 2. The number of allylic oxidation sites excluding steroid dienone is 4. The van der Waals surface area contributed by atoms with Crippen molar-refractivity contribution in [3.05, 3.63) is 124 Å². The Balaban J connectivity index is 1.76. The van der Waals surface area contributed by atoms with Crippen LogP contribution in [0.2, 0.25) is 5.54 Å². The molecule has 2 aliphatic rings. The van der Waals surface area contributed by atoms with Crippen LogP contribution >= 0.6 is 0 Å². The number of rotatable bonds is 6. The van der Waals surface area contributed by atoms with Crippen LogP contribution in [0.1, 0.15) is 33.4 Å². The Labute approximate surface area is 233 Å². The predicted molar refractivity (Wildman–Crippen MR) is 166 cm³/mol. The van der Waals surface area contributed by atoms with Gasteiger partial charge in [-0.05, 0) is 101 Å². The molecule has 6 rings (SSSR count). The van der Waals surface area contributed by atoms with Crippen molar-refractivity contribution in [2.24, 2.45) is 0 Å². The van der Waals surface area contributed by atoms with Crippen molar-refractivity contribution < 1.29 is 9.47 Å². The predicted octanol–water partition coefficient (Wildman–Crippen LogP) is 6.48. The molecule has 196 valence electrons. The summed E-state index contributed by atoms with van der Waals surface area (Å²) in [5, 5.41) is 4.23. The average molecular weight is 529 g/mol. The van der Waals surface area contributed by atoms with Crippen molar-refractivity contribution in [2.75, 3.05) is 14.2 Å². The van der Waals surface area contributed by atoms with Gasteiger partial charge in [0.2, 0.25) is 0 Å². The normalized spacial score (nSPS) is 14.0. The Morgan fingerprint density at radius 2 is 1.23 bits per heavy atom. The van der Waals surface area contributed by atoms with E-state index in [4.69, 9.17) is 9.47 Å². The summed E-state index contributed by atoms with van der Waals surface area (Å²) >= 11 is 0. The second kappa shape index (κ2) is 9.73. The summed E-state index contributed by atoms with van der Waals surface area (Å²) in [6.07, 6.45) is 10.1. The monoisotopic (exact) mass is 528 g/mol. The number of hydrogen-bond donors (Lipinski definition) is 0. The highest BCUT2D eigenvalue weighted by molar-refractivity contribution is 7.13. The maximum atomic E-state index is 6.39. The van der Waals surface area contributed by atoms with E-state index in [9.17, 15) is 0 Å². The minimum atomic E-state index is -2.69. The van der Waals surface area contributed by atoms with Crippen LogP contribution < -0.4 is 25.0 Å². The second-order valence-corrected chi connectivity index (χ2v) is 15.1. The van der Waals surface area contributed by atoms with Gasteiger partial charge in [-0.25, -0.2) is 0 Å². The molecule has 0 saturated carbocycles. The maximum absolute atomic E-state index is 6.39. The summed E-state index contributed by atoms with van der Waals surface area (Å²) in [5.41, 5.74) is 10.6. The Hall–Kier alpha value is -3.82. The third kappa shape index (κ3) is 3.91. The molecule has 2 nitrogen and oxygen atoms in total. The van der Waals surface area contributed by atoms with Crippen molar-refractivity contribution >= 4 is 23.6 Å². The molecular formula is C36H36O2Si. The molecule has 0 radical (unpaired) electrons. The molecule has 0 amide bonds. The van der Waals surface area contributed by atoms with E-state index < -0.39 is 8.07 Å². The molecule has 0 aromatic heterocycles. The molecule has 0 N–H and O–H groups in total. The van der Waals surface area contributed by atoms with Gasteiger partial charge in [-0.2, -0.15) is 0 Å². The van der Waals surface area contributed by atoms with Gasteiger partial charge >= 0.3 is 0 Å². The molecule has 0 unspecified atom stereocenters. The zero-order valence-corrected chi connectivity index (χ0v) is 24.8. The Bertz CT molecular complexity index is 1570. The van der Waals surface area contributed by atoms with E-state index in [0.29, 0.717) is 0 Å². The number of methoxy groups -OCH3 is 2. The van der Waals surface area contributed by atoms with Gasteiger partial charge in [0.15, 0.2) is 8.07 Å². The Kier molecular flexibility index (Phi) is 6.35. The van der Waals surface area contributed by atoms with Crippen molar-refractivity contribution in [1.82, 2.24) is 0 Å². The van der Waals surface area contributed by atoms with Crippen LogP contribution in [0.5, 0.6) is 11.5 Å². The van der Waals surface area contributed by atoms with E-state index in [-0.39, 0.29) is 5.54 Å². The molecule has 0 saturated heterocycles. The van der Waals surface area contributed by atoms with Crippen molar-refractivity contribution in [3.63, 3.8) is 0 Å². The molecule has 4 aromatic rings. The first-order chi connectivity index (χ1) is 18.9. The van der Waals surface area contributed by atoms with Crippen LogP contribution in [0.4, 0.5) is 0 Å². The number of hydrogen-bond acceptors (Lipinski definition) is 2. The highest BCUT2D eigenvalue weighted by Crippen LogP contribution is 2.44. The lowest BCUT2D eigenvalue weighted by Crippen LogP contribution is -2.70. The summed E-state index contributed by atoms with van der Waals surface area (Å²) < 4.78 is 12.1. The first-order valence-electron chi connectivity index (χ1n) is 13.8. The largest absolute Gasteiger partial charge is 0.497 e.